The van der Waals surface area contributed by atoms with Crippen LogP contribution in [0, 0.1) is 13.8 Å². The quantitative estimate of drug-likeness (QED) is 0.0413. The molecule has 15 nitrogen and oxygen atoms in total. The molecule has 0 N–H and O–H groups in total. The fourth-order valence-corrected chi connectivity index (χ4v) is 11.2. The van der Waals surface area contributed by atoms with Crippen LogP contribution < -0.4 is 28.4 Å². The number of hydrogen-bond acceptors (Lipinski definition) is 15. The van der Waals surface area contributed by atoms with Gasteiger partial charge in [-0.05, 0) is 110 Å². The van der Waals surface area contributed by atoms with Gasteiger partial charge in [-0.2, -0.15) is 0 Å². The van der Waals surface area contributed by atoms with Gasteiger partial charge in [0.15, 0.2) is 11.2 Å². The minimum absolute atomic E-state index is 0.00657. The molecule has 87 heavy (non-hydrogen) atoms. The SMILES string of the molecule is COc1ccc(C2(c3ccc(OC)cc3)C=Cc3c(COC(=O)CCC(=O)OC(C)COCC(C)OC(=O)CCC(=O)OCc4c5c(c6ccccc6c4C)OC(c4ccc(OC)cc4)(c4ccc(OC)cc4)C=C5)c(C)c4ccccc4c3O2)cc1. The van der Waals surface area contributed by atoms with Crippen LogP contribution in [0.5, 0.6) is 34.5 Å². The van der Waals surface area contributed by atoms with Gasteiger partial charge in [-0.25, -0.2) is 0 Å². The fourth-order valence-electron chi connectivity index (χ4n) is 11.2. The third kappa shape index (κ3) is 13.0. The molecule has 15 heteroatoms. The number of ether oxygens (including phenoxy) is 11. The van der Waals surface area contributed by atoms with E-state index in [0.29, 0.717) is 34.5 Å². The van der Waals surface area contributed by atoms with Gasteiger partial charge in [-0.3, -0.25) is 19.2 Å². The van der Waals surface area contributed by atoms with Crippen LogP contribution in [0.15, 0.2) is 158 Å². The molecule has 0 saturated heterocycles. The molecule has 0 aliphatic carbocycles. The second-order valence-corrected chi connectivity index (χ2v) is 21.5. The number of hydrogen-bond donors (Lipinski definition) is 0. The molecular formula is C72H70O15. The van der Waals surface area contributed by atoms with Crippen molar-refractivity contribution in [1.29, 1.82) is 0 Å². The lowest BCUT2D eigenvalue weighted by Crippen LogP contribution is -2.34. The van der Waals surface area contributed by atoms with E-state index in [1.54, 1.807) is 42.3 Å². The number of rotatable bonds is 24. The van der Waals surface area contributed by atoms with E-state index in [4.69, 9.17) is 52.1 Å². The first-order valence-corrected chi connectivity index (χ1v) is 28.9. The van der Waals surface area contributed by atoms with E-state index in [1.165, 1.54) is 0 Å². The second-order valence-electron chi connectivity index (χ2n) is 21.5. The van der Waals surface area contributed by atoms with Gasteiger partial charge >= 0.3 is 23.9 Å². The highest BCUT2D eigenvalue weighted by Crippen LogP contribution is 2.50. The summed E-state index contributed by atoms with van der Waals surface area (Å²) >= 11 is 0. The summed E-state index contributed by atoms with van der Waals surface area (Å²) in [6.07, 6.45) is 5.90. The Labute approximate surface area is 506 Å². The maximum atomic E-state index is 13.3. The summed E-state index contributed by atoms with van der Waals surface area (Å²) in [6.45, 7) is 7.21. The Morgan fingerprint density at radius 3 is 1.02 bits per heavy atom. The first-order chi connectivity index (χ1) is 42.2. The van der Waals surface area contributed by atoms with Crippen molar-refractivity contribution in [2.45, 2.75) is 90.0 Å². The van der Waals surface area contributed by atoms with Crippen molar-refractivity contribution in [3.8, 4) is 34.5 Å². The molecule has 2 heterocycles. The van der Waals surface area contributed by atoms with Crippen LogP contribution in [0.2, 0.25) is 0 Å². The first kappa shape index (κ1) is 60.5. The van der Waals surface area contributed by atoms with Crippen LogP contribution in [0.25, 0.3) is 33.7 Å². The normalized spacial score (nSPS) is 14.1. The molecule has 10 rings (SSSR count). The molecule has 0 saturated carbocycles. The molecule has 0 amide bonds. The molecule has 0 aromatic heterocycles. The molecule has 0 radical (unpaired) electrons. The monoisotopic (exact) mass is 1170 g/mol. The summed E-state index contributed by atoms with van der Waals surface area (Å²) in [5, 5.41) is 3.69. The second kappa shape index (κ2) is 26.8. The van der Waals surface area contributed by atoms with Crippen molar-refractivity contribution in [2.24, 2.45) is 0 Å². The molecule has 0 spiro atoms. The minimum Gasteiger partial charge on any atom is -0.497 e. The molecule has 0 bridgehead atoms. The van der Waals surface area contributed by atoms with Crippen LogP contribution in [-0.4, -0.2) is 77.7 Å². The highest BCUT2D eigenvalue weighted by molar-refractivity contribution is 5.98. The van der Waals surface area contributed by atoms with Crippen LogP contribution in [0.4, 0.5) is 0 Å². The Kier molecular flexibility index (Phi) is 18.6. The van der Waals surface area contributed by atoms with Crippen LogP contribution in [0.1, 0.15) is 95.2 Å². The van der Waals surface area contributed by atoms with E-state index >= 15 is 0 Å². The van der Waals surface area contributed by atoms with Gasteiger partial charge in [0, 0.05) is 55.3 Å². The first-order valence-electron chi connectivity index (χ1n) is 28.9. The number of carbonyl (C=O) groups is 4. The van der Waals surface area contributed by atoms with Crippen molar-refractivity contribution in [3.05, 3.63) is 213 Å². The van der Waals surface area contributed by atoms with Gasteiger partial charge in [0.2, 0.25) is 0 Å². The predicted octanol–water partition coefficient (Wildman–Crippen LogP) is 13.6. The molecule has 8 aromatic rings. The Morgan fingerprint density at radius 1 is 0.414 bits per heavy atom. The van der Waals surface area contributed by atoms with E-state index < -0.39 is 47.3 Å². The summed E-state index contributed by atoms with van der Waals surface area (Å²) in [5.41, 5.74) is 6.45. The zero-order valence-corrected chi connectivity index (χ0v) is 50.1. The highest BCUT2D eigenvalue weighted by Gasteiger charge is 2.41. The molecule has 2 atom stereocenters. The molecule has 2 unspecified atom stereocenters. The topological polar surface area (TPSA) is 170 Å². The predicted molar refractivity (Wildman–Crippen MR) is 330 cm³/mol. The Morgan fingerprint density at radius 2 is 0.713 bits per heavy atom. The zero-order chi connectivity index (χ0) is 61.2. The number of benzene rings is 8. The Hall–Kier alpha value is -9.60. The largest absolute Gasteiger partial charge is 0.497 e. The van der Waals surface area contributed by atoms with Crippen LogP contribution in [0.3, 0.4) is 0 Å². The average Bonchev–Trinajstić information content (AvgIpc) is 1.49. The zero-order valence-electron chi connectivity index (χ0n) is 50.1. The molecule has 8 aromatic carbocycles. The van der Waals surface area contributed by atoms with Crippen LogP contribution >= 0.6 is 0 Å². The van der Waals surface area contributed by atoms with Crippen molar-refractivity contribution in [3.63, 3.8) is 0 Å². The van der Waals surface area contributed by atoms with E-state index in [2.05, 4.69) is 0 Å². The number of methoxy groups -OCH3 is 4. The highest BCUT2D eigenvalue weighted by atomic mass is 16.6. The lowest BCUT2D eigenvalue weighted by Gasteiger charge is -2.37. The number of esters is 4. The minimum atomic E-state index is -1.03. The van der Waals surface area contributed by atoms with Crippen molar-refractivity contribution in [1.82, 2.24) is 0 Å². The lowest BCUT2D eigenvalue weighted by atomic mass is 9.82. The van der Waals surface area contributed by atoms with E-state index in [9.17, 15) is 19.2 Å². The van der Waals surface area contributed by atoms with Gasteiger partial charge in [-0.15, -0.1) is 0 Å². The molecule has 0 fully saturated rings. The number of aryl methyl sites for hydroxylation is 2. The fraction of sp³-hybridized carbons (Fsp3) is 0.278. The average molecular weight is 1180 g/mol. The maximum absolute atomic E-state index is 13.3. The van der Waals surface area contributed by atoms with Gasteiger partial charge in [0.25, 0.3) is 0 Å². The van der Waals surface area contributed by atoms with Gasteiger partial charge < -0.3 is 52.1 Å². The maximum Gasteiger partial charge on any atom is 0.306 e. The van der Waals surface area contributed by atoms with E-state index in [-0.39, 0.29) is 52.1 Å². The number of carbonyl (C=O) groups excluding carboxylic acids is 4. The van der Waals surface area contributed by atoms with Crippen LogP contribution in [-0.2, 0) is 67.3 Å². The summed E-state index contributed by atoms with van der Waals surface area (Å²) in [7, 11) is 6.50. The Balaban J connectivity index is 0.688. The standard InChI is InChI=1S/C72H70O15/c1-45(84-67(75)35-33-65(73)82-43-63-47(3)57-13-9-11-15-59(57)69-61(63)37-39-71(86-69,49-17-25-53(77-5)26-18-49)50-19-27-54(78-6)28-20-50)41-81-42-46(2)85-68(76)36-34-66(74)83-44-64-48(4)58-14-10-12-16-60(58)70-62(64)38-40-72(87-70,51-21-29-55(79-7)30-22-51)52-23-31-56(80-8)32-24-52/h9-32,37-40,45-46H,33-36,41-44H2,1-8H3. The lowest BCUT2D eigenvalue weighted by molar-refractivity contribution is -0.158. The van der Waals surface area contributed by atoms with Gasteiger partial charge in [0.05, 0.1) is 67.3 Å². The van der Waals surface area contributed by atoms with Crippen molar-refractivity contribution >= 4 is 57.6 Å². The summed E-state index contributed by atoms with van der Waals surface area (Å²) < 4.78 is 64.8. The van der Waals surface area contributed by atoms with E-state index in [0.717, 1.165) is 77.2 Å². The Bertz CT molecular complexity index is 3520. The molecule has 2 aliphatic rings. The molecule has 448 valence electrons. The van der Waals surface area contributed by atoms with Crippen molar-refractivity contribution < 1.29 is 71.3 Å². The summed E-state index contributed by atoms with van der Waals surface area (Å²) in [4.78, 5) is 52.4. The smallest absolute Gasteiger partial charge is 0.306 e. The summed E-state index contributed by atoms with van der Waals surface area (Å²) in [5.74, 6) is 1.78. The van der Waals surface area contributed by atoms with E-state index in [1.807, 2.05) is 184 Å². The van der Waals surface area contributed by atoms with Gasteiger partial charge in [0.1, 0.15) is 59.9 Å². The van der Waals surface area contributed by atoms with Crippen molar-refractivity contribution in [2.75, 3.05) is 41.7 Å². The summed E-state index contributed by atoms with van der Waals surface area (Å²) in [6, 6.07) is 47.0. The molecular weight excluding hydrogens is 1100 g/mol. The third-order valence-electron chi connectivity index (χ3n) is 16.0. The molecule has 2 aliphatic heterocycles. The third-order valence-corrected chi connectivity index (χ3v) is 16.0. The van der Waals surface area contributed by atoms with Gasteiger partial charge in [-0.1, -0.05) is 109 Å². The number of fused-ring (bicyclic) bond motifs is 6.